The normalized spacial score (nSPS) is 26.1. The smallest absolute Gasteiger partial charge is 0.344 e. The number of ether oxygens (including phenoxy) is 3. The van der Waals surface area contributed by atoms with Crippen molar-refractivity contribution in [1.82, 2.24) is 0 Å². The Bertz CT molecular complexity index is 549. The van der Waals surface area contributed by atoms with Crippen molar-refractivity contribution in [3.63, 3.8) is 0 Å². The van der Waals surface area contributed by atoms with Crippen LogP contribution in [0.25, 0.3) is 0 Å². The van der Waals surface area contributed by atoms with Gasteiger partial charge in [0.05, 0.1) is 6.07 Å². The fraction of sp³-hybridized carbons (Fsp3) is 0.625. The molecule has 0 aromatic rings. The summed E-state index contributed by atoms with van der Waals surface area (Å²) in [5.41, 5.74) is -1.02. The van der Waals surface area contributed by atoms with E-state index in [1.165, 1.54) is 6.92 Å². The standard InChI is InChI=1S/C16H21NO6/c1-5-11-12(23-15(20)16(11,6-2)9-17)7-21-13(18)8-22-14(19)10(3)4/h11-12H,3,5-8H2,1-2,4H3. The number of rotatable bonds is 7. The largest absolute Gasteiger partial charge is 0.459 e. The summed E-state index contributed by atoms with van der Waals surface area (Å²) >= 11 is 0. The Kier molecular flexibility index (Phi) is 6.31. The third kappa shape index (κ3) is 3.89. The second kappa shape index (κ2) is 7.77. The molecule has 126 valence electrons. The van der Waals surface area contributed by atoms with Crippen LogP contribution in [0.2, 0.25) is 0 Å². The lowest BCUT2D eigenvalue weighted by molar-refractivity contribution is -0.161. The van der Waals surface area contributed by atoms with Crippen LogP contribution in [0.1, 0.15) is 33.6 Å². The molecule has 0 aromatic heterocycles. The van der Waals surface area contributed by atoms with E-state index in [0.29, 0.717) is 12.8 Å². The summed E-state index contributed by atoms with van der Waals surface area (Å²) in [6, 6.07) is 2.05. The fourth-order valence-corrected chi connectivity index (χ4v) is 2.63. The van der Waals surface area contributed by atoms with Crippen LogP contribution in [0.4, 0.5) is 0 Å². The quantitative estimate of drug-likeness (QED) is 0.397. The Balaban J connectivity index is 2.60. The molecule has 0 spiro atoms. The summed E-state index contributed by atoms with van der Waals surface area (Å²) < 4.78 is 14.9. The Morgan fingerprint density at radius 3 is 2.52 bits per heavy atom. The zero-order chi connectivity index (χ0) is 17.6. The van der Waals surface area contributed by atoms with Gasteiger partial charge in [-0.2, -0.15) is 5.26 Å². The molecule has 0 N–H and O–H groups in total. The van der Waals surface area contributed by atoms with Gasteiger partial charge in [0.2, 0.25) is 0 Å². The van der Waals surface area contributed by atoms with Gasteiger partial charge in [-0.1, -0.05) is 20.4 Å². The van der Waals surface area contributed by atoms with E-state index in [2.05, 4.69) is 17.4 Å². The van der Waals surface area contributed by atoms with Crippen molar-refractivity contribution in [1.29, 1.82) is 5.26 Å². The van der Waals surface area contributed by atoms with Crippen LogP contribution in [-0.2, 0) is 28.6 Å². The van der Waals surface area contributed by atoms with Gasteiger partial charge in [0, 0.05) is 11.5 Å². The zero-order valence-electron chi connectivity index (χ0n) is 13.6. The Morgan fingerprint density at radius 1 is 1.39 bits per heavy atom. The number of nitrogens with zero attached hydrogens (tertiary/aromatic N) is 1. The summed E-state index contributed by atoms with van der Waals surface area (Å²) in [4.78, 5) is 34.8. The van der Waals surface area contributed by atoms with Crippen molar-refractivity contribution < 1.29 is 28.6 Å². The predicted molar refractivity (Wildman–Crippen MR) is 78.7 cm³/mol. The average molecular weight is 323 g/mol. The van der Waals surface area contributed by atoms with Crippen molar-refractivity contribution in [3.05, 3.63) is 12.2 Å². The first-order chi connectivity index (χ1) is 10.8. The molecule has 1 rings (SSSR count). The molecule has 1 aliphatic heterocycles. The molecule has 3 atom stereocenters. The molecule has 1 saturated heterocycles. The SMILES string of the molecule is C=C(C)C(=O)OCC(=O)OCC1OC(=O)C(C#N)(CC)C1CC. The van der Waals surface area contributed by atoms with E-state index in [4.69, 9.17) is 9.47 Å². The molecule has 23 heavy (non-hydrogen) atoms. The van der Waals surface area contributed by atoms with Gasteiger partial charge in [-0.05, 0) is 19.8 Å². The third-order valence-electron chi connectivity index (χ3n) is 3.98. The number of esters is 3. The third-order valence-corrected chi connectivity index (χ3v) is 3.98. The van der Waals surface area contributed by atoms with E-state index in [1.54, 1.807) is 6.92 Å². The van der Waals surface area contributed by atoms with Crippen LogP contribution >= 0.6 is 0 Å². The van der Waals surface area contributed by atoms with Gasteiger partial charge in [-0.3, -0.25) is 4.79 Å². The van der Waals surface area contributed by atoms with Gasteiger partial charge in [0.25, 0.3) is 0 Å². The predicted octanol–water partition coefficient (Wildman–Crippen LogP) is 1.52. The van der Waals surface area contributed by atoms with Gasteiger partial charge in [-0.25, -0.2) is 9.59 Å². The summed E-state index contributed by atoms with van der Waals surface area (Å²) in [7, 11) is 0. The molecule has 1 fully saturated rings. The number of hydrogen-bond acceptors (Lipinski definition) is 7. The summed E-state index contributed by atoms with van der Waals surface area (Å²) in [5, 5.41) is 9.36. The Labute approximate surface area is 135 Å². The van der Waals surface area contributed by atoms with Gasteiger partial charge in [0.1, 0.15) is 12.7 Å². The Hall–Kier alpha value is -2.36. The van der Waals surface area contributed by atoms with Crippen molar-refractivity contribution in [2.75, 3.05) is 13.2 Å². The second-order valence-corrected chi connectivity index (χ2v) is 5.43. The van der Waals surface area contributed by atoms with Crippen LogP contribution in [-0.4, -0.2) is 37.2 Å². The minimum atomic E-state index is -1.20. The van der Waals surface area contributed by atoms with Crippen LogP contribution < -0.4 is 0 Å². The molecule has 0 aromatic carbocycles. The maximum absolute atomic E-state index is 12.0. The Morgan fingerprint density at radius 2 is 2.04 bits per heavy atom. The van der Waals surface area contributed by atoms with Crippen molar-refractivity contribution >= 4 is 17.9 Å². The summed E-state index contributed by atoms with van der Waals surface area (Å²) in [6.07, 6.45) is 0.203. The van der Waals surface area contributed by atoms with E-state index in [-0.39, 0.29) is 18.1 Å². The molecule has 1 aliphatic rings. The van der Waals surface area contributed by atoms with Crippen LogP contribution in [0.15, 0.2) is 12.2 Å². The van der Waals surface area contributed by atoms with Gasteiger partial charge >= 0.3 is 17.9 Å². The number of carbonyl (C=O) groups excluding carboxylic acids is 3. The van der Waals surface area contributed by atoms with E-state index >= 15 is 0 Å². The zero-order valence-corrected chi connectivity index (χ0v) is 13.6. The second-order valence-electron chi connectivity index (χ2n) is 5.43. The highest BCUT2D eigenvalue weighted by molar-refractivity contribution is 5.88. The molecule has 1 heterocycles. The highest BCUT2D eigenvalue weighted by atomic mass is 16.6. The summed E-state index contributed by atoms with van der Waals surface area (Å²) in [5.74, 6) is -2.37. The molecule has 7 nitrogen and oxygen atoms in total. The molecule has 7 heteroatoms. The van der Waals surface area contributed by atoms with Crippen LogP contribution in [0.5, 0.6) is 0 Å². The number of cyclic esters (lactones) is 1. The molecule has 0 bridgehead atoms. The lowest BCUT2D eigenvalue weighted by atomic mass is 9.73. The van der Waals surface area contributed by atoms with E-state index in [9.17, 15) is 19.6 Å². The maximum Gasteiger partial charge on any atom is 0.344 e. The fourth-order valence-electron chi connectivity index (χ4n) is 2.63. The number of carbonyl (C=O) groups is 3. The van der Waals surface area contributed by atoms with Crippen molar-refractivity contribution in [3.8, 4) is 6.07 Å². The van der Waals surface area contributed by atoms with E-state index < -0.39 is 36.0 Å². The molecule has 0 radical (unpaired) electrons. The first-order valence-electron chi connectivity index (χ1n) is 7.42. The van der Waals surface area contributed by atoms with Gasteiger partial charge in [-0.15, -0.1) is 0 Å². The lowest BCUT2D eigenvalue weighted by Gasteiger charge is -2.23. The monoisotopic (exact) mass is 323 g/mol. The van der Waals surface area contributed by atoms with E-state index in [0.717, 1.165) is 0 Å². The van der Waals surface area contributed by atoms with Gasteiger partial charge < -0.3 is 14.2 Å². The minimum absolute atomic E-state index is 0.170. The van der Waals surface area contributed by atoms with Crippen molar-refractivity contribution in [2.45, 2.75) is 39.7 Å². The topological polar surface area (TPSA) is 103 Å². The number of nitriles is 1. The maximum atomic E-state index is 12.0. The molecule has 0 amide bonds. The van der Waals surface area contributed by atoms with Crippen LogP contribution in [0.3, 0.4) is 0 Å². The van der Waals surface area contributed by atoms with Crippen LogP contribution in [0, 0.1) is 22.7 Å². The molecular formula is C16H21NO6. The minimum Gasteiger partial charge on any atom is -0.459 e. The first-order valence-corrected chi connectivity index (χ1v) is 7.42. The average Bonchev–Trinajstić information content (AvgIpc) is 2.81. The van der Waals surface area contributed by atoms with Gasteiger partial charge in [0.15, 0.2) is 12.0 Å². The first kappa shape index (κ1) is 18.7. The molecule has 3 unspecified atom stereocenters. The summed E-state index contributed by atoms with van der Waals surface area (Å²) in [6.45, 7) is 7.74. The molecular weight excluding hydrogens is 302 g/mol. The molecule has 0 saturated carbocycles. The highest BCUT2D eigenvalue weighted by Crippen LogP contribution is 2.44. The van der Waals surface area contributed by atoms with E-state index in [1.807, 2.05) is 6.92 Å². The lowest BCUT2D eigenvalue weighted by Crippen LogP contribution is -2.34. The number of hydrogen-bond donors (Lipinski definition) is 0. The highest BCUT2D eigenvalue weighted by Gasteiger charge is 2.56. The molecule has 0 aliphatic carbocycles. The van der Waals surface area contributed by atoms with Crippen molar-refractivity contribution in [2.24, 2.45) is 11.3 Å².